The van der Waals surface area contributed by atoms with Crippen molar-refractivity contribution in [1.82, 2.24) is 9.55 Å². The van der Waals surface area contributed by atoms with Crippen LogP contribution < -0.4 is 70.4 Å². The van der Waals surface area contributed by atoms with Gasteiger partial charge in [-0.3, -0.25) is 18.9 Å². The van der Waals surface area contributed by atoms with Crippen molar-refractivity contribution < 1.29 is 104 Å². The molecule has 1 aliphatic rings. The zero-order chi connectivity index (χ0) is 19.0. The van der Waals surface area contributed by atoms with Crippen molar-refractivity contribution in [3.05, 3.63) is 32.6 Å². The Morgan fingerprint density at radius 3 is 2.48 bits per heavy atom. The van der Waals surface area contributed by atoms with Gasteiger partial charge in [0.25, 0.3) is 5.56 Å². The predicted octanol–water partition coefficient (Wildman–Crippen LogP) is -7.05. The first-order valence-corrected chi connectivity index (χ1v) is 9.80. The van der Waals surface area contributed by atoms with Crippen LogP contribution in [0.5, 0.6) is 0 Å². The average molecular weight is 450 g/mol. The number of aliphatic hydroxyl groups is 1. The predicted molar refractivity (Wildman–Crippen MR) is 81.7 cm³/mol. The SMILES string of the molecule is Cc1cn([C@H]2C[C@H](O)[C@@H](COP(=O)(O)OP(=O)(O)O)O2)c(=O)[nH]c1=O.[H-].[H-].[Na+].[Na+]. The van der Waals surface area contributed by atoms with Gasteiger partial charge in [-0.1, -0.05) is 0 Å². The van der Waals surface area contributed by atoms with Crippen LogP contribution >= 0.6 is 15.6 Å². The van der Waals surface area contributed by atoms with Crippen LogP contribution in [-0.4, -0.2) is 48.2 Å². The molecule has 0 bridgehead atoms. The molecule has 2 heterocycles. The van der Waals surface area contributed by atoms with Crippen molar-refractivity contribution in [3.63, 3.8) is 0 Å². The van der Waals surface area contributed by atoms with E-state index in [9.17, 15) is 28.7 Å². The molecule has 1 aromatic heterocycles. The van der Waals surface area contributed by atoms with E-state index in [2.05, 4.69) is 13.8 Å². The fourth-order valence-electron chi connectivity index (χ4n) is 2.16. The van der Waals surface area contributed by atoms with Gasteiger partial charge in [0, 0.05) is 18.2 Å². The van der Waals surface area contributed by atoms with Crippen molar-refractivity contribution >= 4 is 15.6 Å². The topological polar surface area (TPSA) is 198 Å². The molecule has 2 rings (SSSR count). The quantitative estimate of drug-likeness (QED) is 0.204. The molecule has 0 spiro atoms. The summed E-state index contributed by atoms with van der Waals surface area (Å²) in [4.78, 5) is 51.4. The maximum absolute atomic E-state index is 11.8. The Morgan fingerprint density at radius 2 is 1.93 bits per heavy atom. The maximum Gasteiger partial charge on any atom is 1.00 e. The van der Waals surface area contributed by atoms with E-state index in [0.717, 1.165) is 4.57 Å². The first kappa shape index (κ1) is 27.9. The zero-order valence-electron chi connectivity index (χ0n) is 16.7. The fraction of sp³-hybridized carbons (Fsp3) is 0.600. The molecule has 1 unspecified atom stereocenters. The van der Waals surface area contributed by atoms with Crippen LogP contribution in [0, 0.1) is 6.92 Å². The number of aromatic amines is 1. The number of hydrogen-bond donors (Lipinski definition) is 5. The Morgan fingerprint density at radius 1 is 1.33 bits per heavy atom. The van der Waals surface area contributed by atoms with E-state index in [1.165, 1.54) is 13.1 Å². The molecule has 5 N–H and O–H groups in total. The maximum atomic E-state index is 11.8. The number of nitrogens with zero attached hydrogens (tertiary/aromatic N) is 1. The molecule has 4 atom stereocenters. The number of aryl methyl sites for hydroxylation is 1. The van der Waals surface area contributed by atoms with Crippen molar-refractivity contribution in [2.75, 3.05) is 6.61 Å². The second kappa shape index (κ2) is 10.8. The van der Waals surface area contributed by atoms with Gasteiger partial charge in [0.05, 0.1) is 12.7 Å². The van der Waals surface area contributed by atoms with Crippen molar-refractivity contribution in [2.45, 2.75) is 31.8 Å². The van der Waals surface area contributed by atoms with E-state index in [0.29, 0.717) is 0 Å². The largest absolute Gasteiger partial charge is 1.00 e. The van der Waals surface area contributed by atoms with Crippen LogP contribution in [0.1, 0.15) is 21.1 Å². The Kier molecular flexibility index (Phi) is 11.1. The molecule has 1 fully saturated rings. The molecule has 1 aromatic rings. The molecule has 0 radical (unpaired) electrons. The van der Waals surface area contributed by atoms with Gasteiger partial charge in [-0.25, -0.2) is 13.9 Å². The number of rotatable bonds is 6. The number of H-pyrrole nitrogens is 1. The molecule has 17 heteroatoms. The van der Waals surface area contributed by atoms with Crippen LogP contribution in [0.25, 0.3) is 0 Å². The zero-order valence-corrected chi connectivity index (χ0v) is 20.5. The molecular formula is C10H18N2Na2O11P2. The first-order valence-electron chi connectivity index (χ1n) is 6.78. The normalized spacial score (nSPS) is 24.6. The van der Waals surface area contributed by atoms with Gasteiger partial charge < -0.3 is 27.4 Å². The van der Waals surface area contributed by atoms with Gasteiger partial charge in [0.1, 0.15) is 12.3 Å². The van der Waals surface area contributed by atoms with Crippen LogP contribution in [-0.2, 0) is 22.7 Å². The van der Waals surface area contributed by atoms with E-state index < -0.39 is 51.9 Å². The average Bonchev–Trinajstić information content (AvgIpc) is 2.79. The summed E-state index contributed by atoms with van der Waals surface area (Å²) in [5, 5.41) is 9.91. The second-order valence-corrected chi connectivity index (χ2v) is 8.08. The Hall–Kier alpha value is 0.860. The van der Waals surface area contributed by atoms with Crippen molar-refractivity contribution in [1.29, 1.82) is 0 Å². The number of hydrogen-bond acceptors (Lipinski definition) is 8. The van der Waals surface area contributed by atoms with Gasteiger partial charge >= 0.3 is 80.4 Å². The minimum Gasteiger partial charge on any atom is -1.00 e. The molecule has 27 heavy (non-hydrogen) atoms. The van der Waals surface area contributed by atoms with Crippen molar-refractivity contribution in [3.8, 4) is 0 Å². The summed E-state index contributed by atoms with van der Waals surface area (Å²) in [6.07, 6.45) is -2.22. The monoisotopic (exact) mass is 450 g/mol. The first-order chi connectivity index (χ1) is 11.4. The van der Waals surface area contributed by atoms with Crippen LogP contribution in [0.4, 0.5) is 0 Å². The smallest absolute Gasteiger partial charge is 1.00 e. The number of phosphoric acid groups is 2. The van der Waals surface area contributed by atoms with E-state index in [4.69, 9.17) is 14.5 Å². The Bertz CT molecular complexity index is 863. The number of aromatic nitrogens is 2. The van der Waals surface area contributed by atoms with Gasteiger partial charge in [0.2, 0.25) is 0 Å². The third kappa shape index (κ3) is 8.25. The molecular weight excluding hydrogens is 432 g/mol. The third-order valence-electron chi connectivity index (χ3n) is 3.27. The van der Waals surface area contributed by atoms with E-state index >= 15 is 0 Å². The van der Waals surface area contributed by atoms with Crippen molar-refractivity contribution in [2.24, 2.45) is 0 Å². The van der Waals surface area contributed by atoms with Crippen LogP contribution in [0.3, 0.4) is 0 Å². The molecule has 146 valence electrons. The molecule has 0 aromatic carbocycles. The van der Waals surface area contributed by atoms with Crippen LogP contribution in [0.15, 0.2) is 15.8 Å². The summed E-state index contributed by atoms with van der Waals surface area (Å²) in [5.41, 5.74) is -1.12. The third-order valence-corrected chi connectivity index (χ3v) is 5.42. The Balaban J connectivity index is -0.00000169. The Labute approximate surface area is 199 Å². The molecule has 0 aliphatic carbocycles. The van der Waals surface area contributed by atoms with E-state index in [-0.39, 0.29) is 74.0 Å². The second-order valence-electron chi connectivity index (χ2n) is 5.25. The van der Waals surface area contributed by atoms with E-state index in [1.807, 2.05) is 0 Å². The number of phosphoric ester groups is 1. The number of ether oxygens (including phenoxy) is 1. The minimum atomic E-state index is -5.26. The summed E-state index contributed by atoms with van der Waals surface area (Å²) in [7, 11) is -10.3. The summed E-state index contributed by atoms with van der Waals surface area (Å²) >= 11 is 0. The molecule has 1 saturated heterocycles. The summed E-state index contributed by atoms with van der Waals surface area (Å²) in [6, 6.07) is 0. The number of aliphatic hydroxyl groups excluding tert-OH is 1. The minimum absolute atomic E-state index is 0. The fourth-order valence-corrected chi connectivity index (χ4v) is 3.76. The molecule has 0 amide bonds. The molecule has 0 saturated carbocycles. The standard InChI is InChI=1S/C10H16N2O11P2.2Na.2H/c1-5-3-12(10(15)11-9(5)14)8-2-6(13)7(22-8)4-21-25(19,20)23-24(16,17)18;;;;/h3,6-8,13H,2,4H2,1H3,(H,19,20)(H,11,14,15)(H2,16,17,18);;;;/q;2*+1;2*-1/t6-,7+,8+;;;;/m0..../s1. The summed E-state index contributed by atoms with van der Waals surface area (Å²) < 4.78 is 36.3. The molecule has 13 nitrogen and oxygen atoms in total. The van der Waals surface area contributed by atoms with Gasteiger partial charge in [-0.2, -0.15) is 4.31 Å². The van der Waals surface area contributed by atoms with Gasteiger partial charge in [-0.05, 0) is 6.92 Å². The number of nitrogens with one attached hydrogen (secondary N) is 1. The van der Waals surface area contributed by atoms with E-state index in [1.54, 1.807) is 0 Å². The van der Waals surface area contributed by atoms with Gasteiger partial charge in [-0.15, -0.1) is 0 Å². The van der Waals surface area contributed by atoms with Gasteiger partial charge in [0.15, 0.2) is 0 Å². The molecule has 1 aliphatic heterocycles. The summed E-state index contributed by atoms with van der Waals surface area (Å²) in [5.74, 6) is 0. The summed E-state index contributed by atoms with van der Waals surface area (Å²) in [6.45, 7) is 0.727. The van der Waals surface area contributed by atoms with Crippen LogP contribution in [0.2, 0.25) is 0 Å².